The predicted molar refractivity (Wildman–Crippen MR) is 146 cm³/mol. The first kappa shape index (κ1) is 25.4. The molecule has 9 nitrogen and oxygen atoms in total. The van der Waals surface area contributed by atoms with Crippen LogP contribution in [0.4, 0.5) is 22.2 Å². The number of carbonyl (C=O) groups is 1. The van der Waals surface area contributed by atoms with E-state index in [0.29, 0.717) is 37.0 Å². The van der Waals surface area contributed by atoms with E-state index in [1.165, 1.54) is 0 Å². The van der Waals surface area contributed by atoms with Gasteiger partial charge in [0.15, 0.2) is 0 Å². The molecule has 0 aliphatic rings. The number of anilines is 3. The number of urea groups is 1. The highest BCUT2D eigenvalue weighted by Gasteiger charge is 2.15. The molecule has 0 bridgehead atoms. The molecule has 2 amide bonds. The number of aromatic nitrogens is 3. The minimum atomic E-state index is -0.0254. The molecular formula is C28H31N7O2. The van der Waals surface area contributed by atoms with Crippen molar-refractivity contribution in [3.8, 4) is 22.8 Å². The van der Waals surface area contributed by atoms with Crippen LogP contribution in [-0.2, 0) is 6.54 Å². The van der Waals surface area contributed by atoms with Gasteiger partial charge in [0.2, 0.25) is 5.95 Å². The maximum atomic E-state index is 12.5. The van der Waals surface area contributed by atoms with Gasteiger partial charge in [0.1, 0.15) is 17.3 Å². The summed E-state index contributed by atoms with van der Waals surface area (Å²) in [6.07, 6.45) is 1.68. The van der Waals surface area contributed by atoms with E-state index in [9.17, 15) is 4.79 Å². The number of benzene rings is 2. The van der Waals surface area contributed by atoms with Crippen LogP contribution in [0.25, 0.3) is 11.3 Å². The molecule has 4 aromatic rings. The number of pyridine rings is 1. The van der Waals surface area contributed by atoms with Crippen molar-refractivity contribution in [2.24, 2.45) is 0 Å². The van der Waals surface area contributed by atoms with E-state index in [1.54, 1.807) is 29.1 Å². The molecule has 4 rings (SSSR count). The Kier molecular flexibility index (Phi) is 8.15. The van der Waals surface area contributed by atoms with Crippen LogP contribution in [0.5, 0.6) is 11.5 Å². The van der Waals surface area contributed by atoms with Gasteiger partial charge < -0.3 is 25.6 Å². The average molecular weight is 498 g/mol. The van der Waals surface area contributed by atoms with Gasteiger partial charge in [-0.05, 0) is 44.2 Å². The summed E-state index contributed by atoms with van der Waals surface area (Å²) in [4.78, 5) is 29.0. The number of nitrogens with two attached hydrogens (primary N) is 1. The predicted octanol–water partition coefficient (Wildman–Crippen LogP) is 5.55. The summed E-state index contributed by atoms with van der Waals surface area (Å²) >= 11 is 0. The third kappa shape index (κ3) is 6.72. The zero-order chi connectivity index (χ0) is 26.2. The molecule has 0 saturated heterocycles. The molecule has 37 heavy (non-hydrogen) atoms. The molecule has 3 N–H and O–H groups in total. The van der Waals surface area contributed by atoms with Gasteiger partial charge in [-0.25, -0.2) is 9.78 Å². The summed E-state index contributed by atoms with van der Waals surface area (Å²) in [6, 6.07) is 22.8. The standard InChI is InChI=1S/C28H31N7O2/c1-4-35(5-2)28(36)34(3)19-22-17-24(15-16-30-22)37-23-13-11-21(12-14-23)31-26-18-25(32-27(29)33-26)20-9-7-6-8-10-20/h6-18H,4-5,19H2,1-3H3,(H3,29,31,32,33). The summed E-state index contributed by atoms with van der Waals surface area (Å²) in [6.45, 7) is 5.66. The summed E-state index contributed by atoms with van der Waals surface area (Å²) < 4.78 is 6.02. The van der Waals surface area contributed by atoms with E-state index in [2.05, 4.69) is 20.3 Å². The molecule has 0 aliphatic heterocycles. The Morgan fingerprint density at radius 1 is 0.946 bits per heavy atom. The van der Waals surface area contributed by atoms with Crippen molar-refractivity contribution in [3.05, 3.63) is 84.7 Å². The monoisotopic (exact) mass is 497 g/mol. The third-order valence-corrected chi connectivity index (χ3v) is 5.72. The van der Waals surface area contributed by atoms with Gasteiger partial charge in [0.25, 0.3) is 0 Å². The first-order chi connectivity index (χ1) is 17.9. The fourth-order valence-corrected chi connectivity index (χ4v) is 3.83. The summed E-state index contributed by atoms with van der Waals surface area (Å²) in [5.41, 5.74) is 9.22. The van der Waals surface area contributed by atoms with Crippen LogP contribution in [0.3, 0.4) is 0 Å². The van der Waals surface area contributed by atoms with Gasteiger partial charge in [-0.15, -0.1) is 0 Å². The fraction of sp³-hybridized carbons (Fsp3) is 0.214. The number of carbonyl (C=O) groups excluding carboxylic acids is 1. The van der Waals surface area contributed by atoms with E-state index in [4.69, 9.17) is 10.5 Å². The van der Waals surface area contributed by atoms with Crippen LogP contribution in [0.15, 0.2) is 79.0 Å². The first-order valence-corrected chi connectivity index (χ1v) is 12.1. The van der Waals surface area contributed by atoms with Crippen molar-refractivity contribution in [2.45, 2.75) is 20.4 Å². The number of nitrogens with one attached hydrogen (secondary N) is 1. The Morgan fingerprint density at radius 2 is 1.68 bits per heavy atom. The third-order valence-electron chi connectivity index (χ3n) is 5.72. The van der Waals surface area contributed by atoms with Gasteiger partial charge in [-0.2, -0.15) is 4.98 Å². The molecule has 2 aromatic heterocycles. The molecule has 0 fully saturated rings. The Hall–Kier alpha value is -4.66. The molecule has 0 radical (unpaired) electrons. The Balaban J connectivity index is 1.40. The minimum absolute atomic E-state index is 0.0254. The molecular weight excluding hydrogens is 466 g/mol. The second kappa shape index (κ2) is 11.9. The second-order valence-electron chi connectivity index (χ2n) is 8.41. The highest BCUT2D eigenvalue weighted by molar-refractivity contribution is 5.74. The normalized spacial score (nSPS) is 10.6. The quantitative estimate of drug-likeness (QED) is 0.312. The molecule has 2 aromatic carbocycles. The summed E-state index contributed by atoms with van der Waals surface area (Å²) in [7, 11) is 1.77. The number of hydrogen-bond acceptors (Lipinski definition) is 7. The van der Waals surface area contributed by atoms with Gasteiger partial charge in [0, 0.05) is 49.7 Å². The van der Waals surface area contributed by atoms with Crippen LogP contribution in [0.2, 0.25) is 0 Å². The highest BCUT2D eigenvalue weighted by atomic mass is 16.5. The van der Waals surface area contributed by atoms with Gasteiger partial charge in [-0.3, -0.25) is 4.98 Å². The number of amides is 2. The van der Waals surface area contributed by atoms with E-state index < -0.39 is 0 Å². The van der Waals surface area contributed by atoms with Crippen molar-refractivity contribution < 1.29 is 9.53 Å². The van der Waals surface area contributed by atoms with Gasteiger partial charge in [-0.1, -0.05) is 30.3 Å². The molecule has 0 saturated carbocycles. The number of ether oxygens (including phenoxy) is 1. The first-order valence-electron chi connectivity index (χ1n) is 12.1. The summed E-state index contributed by atoms with van der Waals surface area (Å²) in [5, 5.41) is 3.27. The van der Waals surface area contributed by atoms with Crippen LogP contribution in [0.1, 0.15) is 19.5 Å². The van der Waals surface area contributed by atoms with E-state index in [0.717, 1.165) is 22.6 Å². The molecule has 0 aliphatic carbocycles. The fourth-order valence-electron chi connectivity index (χ4n) is 3.83. The topological polar surface area (TPSA) is 110 Å². The highest BCUT2D eigenvalue weighted by Crippen LogP contribution is 2.26. The second-order valence-corrected chi connectivity index (χ2v) is 8.41. The lowest BCUT2D eigenvalue weighted by atomic mass is 10.1. The number of nitrogens with zero attached hydrogens (tertiary/aromatic N) is 5. The smallest absolute Gasteiger partial charge is 0.320 e. The lowest BCUT2D eigenvalue weighted by Crippen LogP contribution is -2.40. The number of nitrogen functional groups attached to an aromatic ring is 1. The molecule has 2 heterocycles. The maximum Gasteiger partial charge on any atom is 0.320 e. The lowest BCUT2D eigenvalue weighted by molar-refractivity contribution is 0.165. The van der Waals surface area contributed by atoms with E-state index in [-0.39, 0.29) is 12.0 Å². The van der Waals surface area contributed by atoms with Crippen LogP contribution < -0.4 is 15.8 Å². The van der Waals surface area contributed by atoms with Crippen molar-refractivity contribution in [1.29, 1.82) is 0 Å². The van der Waals surface area contributed by atoms with Crippen molar-refractivity contribution >= 4 is 23.5 Å². The molecule has 9 heteroatoms. The van der Waals surface area contributed by atoms with Crippen LogP contribution in [-0.4, -0.2) is 50.9 Å². The van der Waals surface area contributed by atoms with E-state index >= 15 is 0 Å². The summed E-state index contributed by atoms with van der Waals surface area (Å²) in [5.74, 6) is 2.11. The minimum Gasteiger partial charge on any atom is -0.457 e. The molecule has 0 atom stereocenters. The SMILES string of the molecule is CCN(CC)C(=O)N(C)Cc1cc(Oc2ccc(Nc3cc(-c4ccccc4)nc(N)n3)cc2)ccn1. The van der Waals surface area contributed by atoms with E-state index in [1.807, 2.05) is 80.6 Å². The zero-order valence-electron chi connectivity index (χ0n) is 21.3. The largest absolute Gasteiger partial charge is 0.457 e. The maximum absolute atomic E-state index is 12.5. The lowest BCUT2D eigenvalue weighted by Gasteiger charge is -2.26. The van der Waals surface area contributed by atoms with Gasteiger partial charge >= 0.3 is 6.03 Å². The Bertz CT molecular complexity index is 1330. The molecule has 190 valence electrons. The molecule has 0 unspecified atom stereocenters. The Labute approximate surface area is 217 Å². The van der Waals surface area contributed by atoms with Crippen molar-refractivity contribution in [2.75, 3.05) is 31.2 Å². The van der Waals surface area contributed by atoms with Gasteiger partial charge in [0.05, 0.1) is 17.9 Å². The average Bonchev–Trinajstić information content (AvgIpc) is 2.91. The number of hydrogen-bond donors (Lipinski definition) is 2. The Morgan fingerprint density at radius 3 is 2.38 bits per heavy atom. The van der Waals surface area contributed by atoms with Crippen molar-refractivity contribution in [3.63, 3.8) is 0 Å². The van der Waals surface area contributed by atoms with Crippen molar-refractivity contribution in [1.82, 2.24) is 24.8 Å². The molecule has 0 spiro atoms. The zero-order valence-corrected chi connectivity index (χ0v) is 21.3. The number of rotatable bonds is 9. The van der Waals surface area contributed by atoms with Crippen LogP contribution in [0, 0.1) is 0 Å². The van der Waals surface area contributed by atoms with Crippen LogP contribution >= 0.6 is 0 Å².